The number of rotatable bonds is 3. The van der Waals surface area contributed by atoms with Gasteiger partial charge in [0.2, 0.25) is 5.91 Å². The van der Waals surface area contributed by atoms with Crippen molar-refractivity contribution < 1.29 is 4.79 Å². The summed E-state index contributed by atoms with van der Waals surface area (Å²) in [6, 6.07) is 0.502. The van der Waals surface area contributed by atoms with Crippen LogP contribution in [0, 0.1) is 5.92 Å². The van der Waals surface area contributed by atoms with E-state index in [1.165, 1.54) is 6.42 Å². The van der Waals surface area contributed by atoms with Gasteiger partial charge in [0, 0.05) is 26.1 Å². The van der Waals surface area contributed by atoms with Gasteiger partial charge in [0.25, 0.3) is 0 Å². The molecular weight excluding hydrogens is 176 g/mol. The Bertz CT molecular complexity index is 194. The first-order chi connectivity index (χ1) is 6.63. The van der Waals surface area contributed by atoms with Gasteiger partial charge in [-0.25, -0.2) is 0 Å². The zero-order valence-electron chi connectivity index (χ0n) is 9.55. The highest BCUT2D eigenvalue weighted by Crippen LogP contribution is 2.16. The van der Waals surface area contributed by atoms with Crippen LogP contribution in [0.1, 0.15) is 33.6 Å². The summed E-state index contributed by atoms with van der Waals surface area (Å²) in [7, 11) is 0. The maximum absolute atomic E-state index is 11.3. The molecule has 1 aliphatic rings. The molecule has 3 nitrogen and oxygen atoms in total. The normalized spacial score (nSPS) is 27.8. The molecule has 3 heteroatoms. The second-order valence-electron chi connectivity index (χ2n) is 4.42. The summed E-state index contributed by atoms with van der Waals surface area (Å²) in [6.07, 6.45) is 2.36. The lowest BCUT2D eigenvalue weighted by molar-refractivity contribution is -0.131. The van der Waals surface area contributed by atoms with Crippen molar-refractivity contribution in [2.75, 3.05) is 19.6 Å². The third-order valence-corrected chi connectivity index (χ3v) is 2.79. The second kappa shape index (κ2) is 5.35. The zero-order chi connectivity index (χ0) is 10.6. The Balaban J connectivity index is 2.41. The molecule has 1 aliphatic heterocycles. The van der Waals surface area contributed by atoms with E-state index in [9.17, 15) is 4.79 Å². The van der Waals surface area contributed by atoms with Crippen molar-refractivity contribution >= 4 is 5.91 Å². The van der Waals surface area contributed by atoms with Crippen LogP contribution in [0.3, 0.4) is 0 Å². The fourth-order valence-corrected chi connectivity index (χ4v) is 2.11. The number of hydrogen-bond acceptors (Lipinski definition) is 2. The molecule has 1 amide bonds. The van der Waals surface area contributed by atoms with E-state index in [2.05, 4.69) is 19.2 Å². The van der Waals surface area contributed by atoms with Crippen LogP contribution in [0.4, 0.5) is 0 Å². The lowest BCUT2D eigenvalue weighted by Crippen LogP contribution is -2.50. The molecule has 1 fully saturated rings. The lowest BCUT2D eigenvalue weighted by Gasteiger charge is -2.36. The highest BCUT2D eigenvalue weighted by molar-refractivity contribution is 5.73. The number of amides is 1. The highest BCUT2D eigenvalue weighted by atomic mass is 16.2. The Morgan fingerprint density at radius 3 is 2.79 bits per heavy atom. The number of nitrogens with zero attached hydrogens (tertiary/aromatic N) is 1. The Morgan fingerprint density at radius 1 is 1.50 bits per heavy atom. The quantitative estimate of drug-likeness (QED) is 0.740. The van der Waals surface area contributed by atoms with Gasteiger partial charge in [-0.1, -0.05) is 13.8 Å². The second-order valence-corrected chi connectivity index (χ2v) is 4.42. The van der Waals surface area contributed by atoms with E-state index in [1.807, 2.05) is 4.90 Å². The first-order valence-corrected chi connectivity index (χ1v) is 5.62. The van der Waals surface area contributed by atoms with Crippen LogP contribution >= 0.6 is 0 Å². The van der Waals surface area contributed by atoms with Gasteiger partial charge in [0.05, 0.1) is 0 Å². The molecule has 1 heterocycles. The summed E-state index contributed by atoms with van der Waals surface area (Å²) in [5.41, 5.74) is 0. The summed E-state index contributed by atoms with van der Waals surface area (Å²) < 4.78 is 0. The molecule has 0 saturated carbocycles. The molecule has 0 bridgehead atoms. The Morgan fingerprint density at radius 2 is 2.21 bits per heavy atom. The molecule has 82 valence electrons. The Hall–Kier alpha value is -0.570. The van der Waals surface area contributed by atoms with Gasteiger partial charge in [-0.3, -0.25) is 4.79 Å². The van der Waals surface area contributed by atoms with Gasteiger partial charge in [-0.2, -0.15) is 0 Å². The van der Waals surface area contributed by atoms with E-state index in [-0.39, 0.29) is 5.91 Å². The number of carbonyl (C=O) groups excluding carboxylic acids is 1. The van der Waals surface area contributed by atoms with E-state index >= 15 is 0 Å². The van der Waals surface area contributed by atoms with Crippen molar-refractivity contribution in [2.45, 2.75) is 39.7 Å². The maximum atomic E-state index is 11.3. The predicted octanol–water partition coefficient (Wildman–Crippen LogP) is 1.24. The van der Waals surface area contributed by atoms with Crippen LogP contribution in [0.2, 0.25) is 0 Å². The molecule has 1 saturated heterocycles. The van der Waals surface area contributed by atoms with Crippen molar-refractivity contribution in [3.63, 3.8) is 0 Å². The van der Waals surface area contributed by atoms with E-state index in [0.717, 1.165) is 26.1 Å². The third kappa shape index (κ3) is 3.29. The van der Waals surface area contributed by atoms with E-state index < -0.39 is 0 Å². The fraction of sp³-hybridized carbons (Fsp3) is 0.909. The molecule has 0 aromatic rings. The number of hydrogen-bond donors (Lipinski definition) is 1. The molecule has 0 aliphatic carbocycles. The van der Waals surface area contributed by atoms with E-state index in [4.69, 9.17) is 0 Å². The fourth-order valence-electron chi connectivity index (χ4n) is 2.11. The number of piperidine rings is 1. The van der Waals surface area contributed by atoms with Crippen LogP contribution < -0.4 is 5.32 Å². The minimum Gasteiger partial charge on any atom is -0.341 e. The first-order valence-electron chi connectivity index (χ1n) is 5.62. The van der Waals surface area contributed by atoms with Gasteiger partial charge in [-0.05, 0) is 25.3 Å². The smallest absolute Gasteiger partial charge is 0.219 e. The average Bonchev–Trinajstić information content (AvgIpc) is 2.14. The van der Waals surface area contributed by atoms with Crippen LogP contribution in [-0.2, 0) is 4.79 Å². The Labute approximate surface area is 86.9 Å². The molecule has 0 radical (unpaired) electrons. The largest absolute Gasteiger partial charge is 0.341 e. The molecule has 1 rings (SSSR count). The third-order valence-electron chi connectivity index (χ3n) is 2.79. The standard InChI is InChI=1S/C11H22N2O/c1-4-5-12-11-6-9(2)7-13(8-11)10(3)14/h9,11-12H,4-8H2,1-3H3. The summed E-state index contributed by atoms with van der Waals surface area (Å²) in [4.78, 5) is 13.2. The van der Waals surface area contributed by atoms with Crippen LogP contribution in [0.5, 0.6) is 0 Å². The van der Waals surface area contributed by atoms with Gasteiger partial charge in [-0.15, -0.1) is 0 Å². The Kier molecular flexibility index (Phi) is 4.39. The van der Waals surface area contributed by atoms with E-state index in [0.29, 0.717) is 12.0 Å². The molecule has 0 aromatic carbocycles. The van der Waals surface area contributed by atoms with Crippen molar-refractivity contribution in [1.29, 1.82) is 0 Å². The highest BCUT2D eigenvalue weighted by Gasteiger charge is 2.25. The van der Waals surface area contributed by atoms with Gasteiger partial charge >= 0.3 is 0 Å². The van der Waals surface area contributed by atoms with Crippen molar-refractivity contribution in [2.24, 2.45) is 5.92 Å². The van der Waals surface area contributed by atoms with Gasteiger partial charge < -0.3 is 10.2 Å². The summed E-state index contributed by atoms with van der Waals surface area (Å²) in [5, 5.41) is 3.49. The molecule has 2 atom stereocenters. The van der Waals surface area contributed by atoms with Crippen LogP contribution in [0.25, 0.3) is 0 Å². The summed E-state index contributed by atoms with van der Waals surface area (Å²) in [6.45, 7) is 8.93. The summed E-state index contributed by atoms with van der Waals surface area (Å²) >= 11 is 0. The minimum atomic E-state index is 0.208. The average molecular weight is 198 g/mol. The predicted molar refractivity (Wildman–Crippen MR) is 58.1 cm³/mol. The SMILES string of the molecule is CCCNC1CC(C)CN(C(C)=O)C1. The molecule has 14 heavy (non-hydrogen) atoms. The number of nitrogens with one attached hydrogen (secondary N) is 1. The molecule has 0 aromatic heterocycles. The minimum absolute atomic E-state index is 0.208. The topological polar surface area (TPSA) is 32.3 Å². The monoisotopic (exact) mass is 198 g/mol. The van der Waals surface area contributed by atoms with Crippen LogP contribution in [0.15, 0.2) is 0 Å². The van der Waals surface area contributed by atoms with Gasteiger partial charge in [0.1, 0.15) is 0 Å². The van der Waals surface area contributed by atoms with Crippen molar-refractivity contribution in [3.8, 4) is 0 Å². The first kappa shape index (κ1) is 11.5. The zero-order valence-corrected chi connectivity index (χ0v) is 9.55. The molecule has 2 unspecified atom stereocenters. The van der Waals surface area contributed by atoms with E-state index in [1.54, 1.807) is 6.92 Å². The maximum Gasteiger partial charge on any atom is 0.219 e. The van der Waals surface area contributed by atoms with Crippen molar-refractivity contribution in [1.82, 2.24) is 10.2 Å². The molecule has 0 spiro atoms. The number of likely N-dealkylation sites (tertiary alicyclic amines) is 1. The molecular formula is C11H22N2O. The van der Waals surface area contributed by atoms with Gasteiger partial charge in [0.15, 0.2) is 0 Å². The number of carbonyl (C=O) groups is 1. The van der Waals surface area contributed by atoms with Crippen molar-refractivity contribution in [3.05, 3.63) is 0 Å². The lowest BCUT2D eigenvalue weighted by atomic mass is 9.96. The van der Waals surface area contributed by atoms with Crippen LogP contribution in [-0.4, -0.2) is 36.5 Å². The molecule has 1 N–H and O–H groups in total. The summed E-state index contributed by atoms with van der Waals surface area (Å²) in [5.74, 6) is 0.835.